The van der Waals surface area contributed by atoms with E-state index in [1.807, 2.05) is 43.3 Å². The Morgan fingerprint density at radius 2 is 2.18 bits per heavy atom. The average molecular weight is 364 g/mol. The van der Waals surface area contributed by atoms with E-state index in [2.05, 4.69) is 31.8 Å². The molecule has 5 nitrogen and oxygen atoms in total. The molecule has 0 saturated heterocycles. The normalized spacial score (nSPS) is 11.3. The van der Waals surface area contributed by atoms with Crippen LogP contribution in [0.2, 0.25) is 0 Å². The third kappa shape index (κ3) is 5.73. The highest BCUT2D eigenvalue weighted by atomic mass is 79.9. The molecule has 0 saturated carbocycles. The Balaban J connectivity index is 1.71. The van der Waals surface area contributed by atoms with E-state index in [1.54, 1.807) is 6.26 Å². The van der Waals surface area contributed by atoms with E-state index < -0.39 is 0 Å². The summed E-state index contributed by atoms with van der Waals surface area (Å²) in [6.45, 7) is 2.05. The maximum absolute atomic E-state index is 11.7. The van der Waals surface area contributed by atoms with Crippen LogP contribution < -0.4 is 10.7 Å². The van der Waals surface area contributed by atoms with Gasteiger partial charge in [-0.05, 0) is 43.7 Å². The lowest BCUT2D eigenvalue weighted by Crippen LogP contribution is -2.26. The Kier molecular flexibility index (Phi) is 6.21. The fraction of sp³-hybridized carbons (Fsp3) is 0.250. The van der Waals surface area contributed by atoms with Crippen LogP contribution in [0, 0.1) is 0 Å². The molecule has 0 spiro atoms. The molecule has 116 valence electrons. The fourth-order valence-electron chi connectivity index (χ4n) is 1.79. The largest absolute Gasteiger partial charge is 0.469 e. The number of aryl methyl sites for hydroxylation is 1. The molecule has 1 aromatic carbocycles. The van der Waals surface area contributed by atoms with Gasteiger partial charge in [-0.3, -0.25) is 4.79 Å². The molecule has 2 rings (SSSR count). The summed E-state index contributed by atoms with van der Waals surface area (Å²) in [5.74, 6) is 0.731. The Morgan fingerprint density at radius 1 is 1.32 bits per heavy atom. The monoisotopic (exact) mass is 363 g/mol. The second-order valence-corrected chi connectivity index (χ2v) is 5.74. The van der Waals surface area contributed by atoms with Crippen molar-refractivity contribution in [1.29, 1.82) is 0 Å². The van der Waals surface area contributed by atoms with Crippen molar-refractivity contribution in [2.24, 2.45) is 5.10 Å². The van der Waals surface area contributed by atoms with Crippen molar-refractivity contribution in [3.05, 3.63) is 52.9 Å². The lowest BCUT2D eigenvalue weighted by atomic mass is 10.2. The summed E-state index contributed by atoms with van der Waals surface area (Å²) in [6.07, 6.45) is 3.17. The number of anilines is 1. The van der Waals surface area contributed by atoms with E-state index in [9.17, 15) is 4.79 Å². The van der Waals surface area contributed by atoms with E-state index in [0.29, 0.717) is 0 Å². The summed E-state index contributed by atoms with van der Waals surface area (Å²) in [4.78, 5) is 11.7. The predicted octanol–water partition coefficient (Wildman–Crippen LogP) is 3.58. The van der Waals surface area contributed by atoms with E-state index >= 15 is 0 Å². The van der Waals surface area contributed by atoms with Crippen molar-refractivity contribution in [3.8, 4) is 0 Å². The van der Waals surface area contributed by atoms with Crippen LogP contribution in [-0.2, 0) is 11.2 Å². The molecule has 2 N–H and O–H groups in total. The first kappa shape index (κ1) is 16.3. The van der Waals surface area contributed by atoms with Gasteiger partial charge in [-0.1, -0.05) is 22.0 Å². The summed E-state index contributed by atoms with van der Waals surface area (Å²) in [5, 5.41) is 7.12. The smallest absolute Gasteiger partial charge is 0.259 e. The number of nitrogens with zero attached hydrogens (tertiary/aromatic N) is 1. The van der Waals surface area contributed by atoms with Crippen LogP contribution in [0.5, 0.6) is 0 Å². The molecule has 1 heterocycles. The Labute approximate surface area is 137 Å². The van der Waals surface area contributed by atoms with Crippen molar-refractivity contribution in [3.63, 3.8) is 0 Å². The highest BCUT2D eigenvalue weighted by Crippen LogP contribution is 2.15. The standard InChI is InChI=1S/C16H18BrN3O2/c1-12(7-8-15-6-3-9-22-15)19-20-16(21)11-18-14-5-2-4-13(17)10-14/h2-6,9-10,18H,7-8,11H2,1H3,(H,20,21). The van der Waals surface area contributed by atoms with Crippen LogP contribution in [0.4, 0.5) is 5.69 Å². The van der Waals surface area contributed by atoms with Gasteiger partial charge in [-0.25, -0.2) is 5.43 Å². The molecule has 0 unspecified atom stereocenters. The number of amides is 1. The predicted molar refractivity (Wildman–Crippen MR) is 90.9 cm³/mol. The van der Waals surface area contributed by atoms with Crippen LogP contribution in [0.25, 0.3) is 0 Å². The average Bonchev–Trinajstić information content (AvgIpc) is 3.02. The van der Waals surface area contributed by atoms with Crippen LogP contribution in [0.15, 0.2) is 56.7 Å². The number of hydrogen-bond acceptors (Lipinski definition) is 4. The van der Waals surface area contributed by atoms with Gasteiger partial charge in [-0.15, -0.1) is 0 Å². The number of carbonyl (C=O) groups excluding carboxylic acids is 1. The SMILES string of the molecule is CC(CCc1ccco1)=NNC(=O)CNc1cccc(Br)c1. The molecule has 1 amide bonds. The first-order valence-electron chi connectivity index (χ1n) is 6.97. The summed E-state index contributed by atoms with van der Waals surface area (Å²) in [6, 6.07) is 11.4. The number of hydrogen-bond donors (Lipinski definition) is 2. The second kappa shape index (κ2) is 8.38. The molecule has 6 heteroatoms. The van der Waals surface area contributed by atoms with Crippen molar-refractivity contribution in [1.82, 2.24) is 5.43 Å². The zero-order valence-electron chi connectivity index (χ0n) is 12.3. The molecular weight excluding hydrogens is 346 g/mol. The van der Waals surface area contributed by atoms with Gasteiger partial charge >= 0.3 is 0 Å². The third-order valence-corrected chi connectivity index (χ3v) is 3.46. The first-order valence-corrected chi connectivity index (χ1v) is 7.76. The van der Waals surface area contributed by atoms with Crippen LogP contribution in [0.1, 0.15) is 19.1 Å². The lowest BCUT2D eigenvalue weighted by Gasteiger charge is -2.06. The van der Waals surface area contributed by atoms with E-state index in [0.717, 1.165) is 34.5 Å². The number of furan rings is 1. The number of rotatable bonds is 7. The molecule has 0 aliphatic rings. The summed E-state index contributed by atoms with van der Waals surface area (Å²) in [5.41, 5.74) is 4.27. The van der Waals surface area contributed by atoms with Gasteiger partial charge in [-0.2, -0.15) is 5.10 Å². The minimum Gasteiger partial charge on any atom is -0.469 e. The number of halogens is 1. The van der Waals surface area contributed by atoms with E-state index in [1.165, 1.54) is 0 Å². The number of nitrogens with one attached hydrogen (secondary N) is 2. The van der Waals surface area contributed by atoms with Gasteiger partial charge in [0, 0.05) is 22.3 Å². The van der Waals surface area contributed by atoms with Gasteiger partial charge in [0.1, 0.15) is 5.76 Å². The van der Waals surface area contributed by atoms with Crippen LogP contribution in [-0.4, -0.2) is 18.2 Å². The third-order valence-electron chi connectivity index (χ3n) is 2.96. The Hall–Kier alpha value is -2.08. The molecule has 0 aliphatic heterocycles. The highest BCUT2D eigenvalue weighted by molar-refractivity contribution is 9.10. The van der Waals surface area contributed by atoms with Crippen LogP contribution >= 0.6 is 15.9 Å². The Morgan fingerprint density at radius 3 is 2.91 bits per heavy atom. The number of carbonyl (C=O) groups is 1. The maximum atomic E-state index is 11.7. The molecule has 0 bridgehead atoms. The highest BCUT2D eigenvalue weighted by Gasteiger charge is 2.02. The molecule has 2 aromatic rings. The zero-order chi connectivity index (χ0) is 15.8. The molecule has 0 atom stereocenters. The van der Waals surface area contributed by atoms with E-state index in [4.69, 9.17) is 4.42 Å². The molecule has 1 aromatic heterocycles. The summed E-state index contributed by atoms with van der Waals surface area (Å²) in [7, 11) is 0. The zero-order valence-corrected chi connectivity index (χ0v) is 13.9. The molecule has 0 fully saturated rings. The van der Waals surface area contributed by atoms with Crippen molar-refractivity contribution >= 4 is 33.2 Å². The van der Waals surface area contributed by atoms with Gasteiger partial charge in [0.25, 0.3) is 5.91 Å². The summed E-state index contributed by atoms with van der Waals surface area (Å²) >= 11 is 3.38. The minimum absolute atomic E-state index is 0.172. The van der Waals surface area contributed by atoms with Gasteiger partial charge in [0.2, 0.25) is 0 Å². The number of hydrazone groups is 1. The minimum atomic E-state index is -0.183. The lowest BCUT2D eigenvalue weighted by molar-refractivity contribution is -0.119. The van der Waals surface area contributed by atoms with Crippen molar-refractivity contribution < 1.29 is 9.21 Å². The topological polar surface area (TPSA) is 66.6 Å². The van der Waals surface area contributed by atoms with Gasteiger partial charge in [0.05, 0.1) is 12.8 Å². The Bertz CT molecular complexity index is 639. The van der Waals surface area contributed by atoms with E-state index in [-0.39, 0.29) is 12.5 Å². The van der Waals surface area contributed by atoms with Crippen LogP contribution in [0.3, 0.4) is 0 Å². The second-order valence-electron chi connectivity index (χ2n) is 4.83. The first-order chi connectivity index (χ1) is 10.6. The molecule has 0 radical (unpaired) electrons. The molecular formula is C16H18BrN3O2. The van der Waals surface area contributed by atoms with Gasteiger partial charge < -0.3 is 9.73 Å². The van der Waals surface area contributed by atoms with Crippen molar-refractivity contribution in [2.75, 3.05) is 11.9 Å². The molecule has 22 heavy (non-hydrogen) atoms. The summed E-state index contributed by atoms with van der Waals surface area (Å²) < 4.78 is 6.21. The quantitative estimate of drug-likeness (QED) is 0.583. The van der Waals surface area contributed by atoms with Gasteiger partial charge in [0.15, 0.2) is 0 Å². The molecule has 0 aliphatic carbocycles. The maximum Gasteiger partial charge on any atom is 0.259 e. The fourth-order valence-corrected chi connectivity index (χ4v) is 2.19. The van der Waals surface area contributed by atoms with Crippen molar-refractivity contribution in [2.45, 2.75) is 19.8 Å². The number of benzene rings is 1.